The molecule has 12 heavy (non-hydrogen) atoms. The van der Waals surface area contributed by atoms with Crippen molar-refractivity contribution in [1.29, 1.82) is 0 Å². The van der Waals surface area contributed by atoms with Gasteiger partial charge in [-0.15, -0.1) is 0 Å². The summed E-state index contributed by atoms with van der Waals surface area (Å²) >= 11 is 0. The van der Waals surface area contributed by atoms with Crippen LogP contribution in [0.3, 0.4) is 0 Å². The van der Waals surface area contributed by atoms with Gasteiger partial charge in [0.25, 0.3) is 0 Å². The van der Waals surface area contributed by atoms with Crippen molar-refractivity contribution in [1.82, 2.24) is 0 Å². The number of fused-ring (bicyclic) bond motifs is 2. The summed E-state index contributed by atoms with van der Waals surface area (Å²) in [6.07, 6.45) is 9.39. The lowest BCUT2D eigenvalue weighted by atomic mass is 9.83. The Hall–Kier alpha value is -0.790. The fraction of sp³-hybridized carbons (Fsp3) is 0.700. The highest BCUT2D eigenvalue weighted by molar-refractivity contribution is 5.66. The first-order valence-corrected chi connectivity index (χ1v) is 4.61. The quantitative estimate of drug-likeness (QED) is 0.652. The molecule has 2 atom stereocenters. The lowest BCUT2D eigenvalue weighted by molar-refractivity contribution is -0.137. The van der Waals surface area contributed by atoms with E-state index in [0.717, 1.165) is 12.3 Å². The first-order chi connectivity index (χ1) is 5.70. The number of carbonyl (C=O) groups is 1. The molecule has 66 valence electrons. The van der Waals surface area contributed by atoms with Gasteiger partial charge < -0.3 is 5.11 Å². The van der Waals surface area contributed by atoms with E-state index in [0.29, 0.717) is 6.42 Å². The lowest BCUT2D eigenvalue weighted by Crippen LogP contribution is -2.13. The highest BCUT2D eigenvalue weighted by atomic mass is 16.4. The number of aliphatic carboxylic acids is 1. The van der Waals surface area contributed by atoms with Crippen LogP contribution in [0.2, 0.25) is 0 Å². The third kappa shape index (κ3) is 1.26. The molecule has 2 unspecified atom stereocenters. The third-order valence-corrected chi connectivity index (χ3v) is 3.24. The normalized spacial score (nSPS) is 37.5. The van der Waals surface area contributed by atoms with E-state index in [2.05, 4.69) is 12.2 Å². The summed E-state index contributed by atoms with van der Waals surface area (Å²) in [7, 11) is 0. The number of hydrogen-bond donors (Lipinski definition) is 1. The van der Waals surface area contributed by atoms with Crippen LogP contribution >= 0.6 is 0 Å². The number of carboxylic acids is 1. The second-order valence-electron chi connectivity index (χ2n) is 4.12. The Bertz CT molecular complexity index is 232. The summed E-state index contributed by atoms with van der Waals surface area (Å²) in [4.78, 5) is 10.4. The molecular formula is C10H14O2. The Morgan fingerprint density at radius 1 is 1.67 bits per heavy atom. The van der Waals surface area contributed by atoms with Crippen molar-refractivity contribution in [2.24, 2.45) is 11.3 Å². The molecule has 2 nitrogen and oxygen atoms in total. The zero-order chi connectivity index (χ0) is 8.60. The number of allylic oxidation sites excluding steroid dienone is 2. The van der Waals surface area contributed by atoms with Gasteiger partial charge in [-0.2, -0.15) is 0 Å². The molecule has 2 rings (SSSR count). The molecular weight excluding hydrogens is 152 g/mol. The van der Waals surface area contributed by atoms with Gasteiger partial charge in [0.1, 0.15) is 0 Å². The van der Waals surface area contributed by atoms with Crippen LogP contribution in [0.4, 0.5) is 0 Å². The monoisotopic (exact) mass is 166 g/mol. The molecule has 0 aromatic heterocycles. The van der Waals surface area contributed by atoms with Gasteiger partial charge in [-0.1, -0.05) is 12.2 Å². The van der Waals surface area contributed by atoms with Crippen molar-refractivity contribution in [3.05, 3.63) is 12.2 Å². The van der Waals surface area contributed by atoms with Gasteiger partial charge in [-0.05, 0) is 37.0 Å². The molecule has 0 amide bonds. The summed E-state index contributed by atoms with van der Waals surface area (Å²) in [6, 6.07) is 0. The molecule has 0 saturated heterocycles. The van der Waals surface area contributed by atoms with Crippen LogP contribution in [0, 0.1) is 11.3 Å². The zero-order valence-corrected chi connectivity index (χ0v) is 7.12. The highest BCUT2D eigenvalue weighted by Crippen LogP contribution is 2.51. The minimum atomic E-state index is -0.659. The van der Waals surface area contributed by atoms with Gasteiger partial charge in [0.05, 0.1) is 0 Å². The molecule has 0 aliphatic heterocycles. The van der Waals surface area contributed by atoms with Crippen molar-refractivity contribution in [3.8, 4) is 0 Å². The molecule has 0 spiro atoms. The Kier molecular flexibility index (Phi) is 1.71. The van der Waals surface area contributed by atoms with Crippen LogP contribution in [0.25, 0.3) is 0 Å². The average molecular weight is 166 g/mol. The van der Waals surface area contributed by atoms with Gasteiger partial charge in [0.15, 0.2) is 0 Å². The number of hydrogen-bond acceptors (Lipinski definition) is 1. The van der Waals surface area contributed by atoms with E-state index < -0.39 is 5.97 Å². The van der Waals surface area contributed by atoms with Crippen LogP contribution in [-0.4, -0.2) is 11.1 Å². The number of carboxylic acid groups (broad SMARTS) is 1. The van der Waals surface area contributed by atoms with Crippen molar-refractivity contribution >= 4 is 5.97 Å². The molecule has 2 aliphatic carbocycles. The summed E-state index contributed by atoms with van der Waals surface area (Å²) in [5.41, 5.74) is 0.281. The molecule has 0 heterocycles. The van der Waals surface area contributed by atoms with Gasteiger partial charge in [0, 0.05) is 6.42 Å². The Labute approximate surface area is 72.3 Å². The maximum Gasteiger partial charge on any atom is 0.303 e. The molecule has 2 bridgehead atoms. The molecule has 1 N–H and O–H groups in total. The smallest absolute Gasteiger partial charge is 0.303 e. The first kappa shape index (κ1) is 7.84. The second-order valence-corrected chi connectivity index (χ2v) is 4.12. The molecule has 1 saturated carbocycles. The zero-order valence-electron chi connectivity index (χ0n) is 7.12. The van der Waals surface area contributed by atoms with Gasteiger partial charge >= 0.3 is 5.97 Å². The van der Waals surface area contributed by atoms with E-state index in [9.17, 15) is 4.79 Å². The summed E-state index contributed by atoms with van der Waals surface area (Å²) in [5.74, 6) is 0.104. The largest absolute Gasteiger partial charge is 0.481 e. The predicted octanol–water partition coefficient (Wildman–Crippen LogP) is 2.21. The van der Waals surface area contributed by atoms with Crippen molar-refractivity contribution < 1.29 is 9.90 Å². The van der Waals surface area contributed by atoms with E-state index in [-0.39, 0.29) is 5.41 Å². The van der Waals surface area contributed by atoms with Crippen LogP contribution in [0.15, 0.2) is 12.2 Å². The van der Waals surface area contributed by atoms with E-state index in [4.69, 9.17) is 5.11 Å². The summed E-state index contributed by atoms with van der Waals surface area (Å²) < 4.78 is 0. The molecule has 0 aromatic rings. The summed E-state index contributed by atoms with van der Waals surface area (Å²) in [5, 5.41) is 8.57. The maximum atomic E-state index is 10.4. The lowest BCUT2D eigenvalue weighted by Gasteiger charge is -2.21. The third-order valence-electron chi connectivity index (χ3n) is 3.24. The average Bonchev–Trinajstić information content (AvgIpc) is 2.60. The van der Waals surface area contributed by atoms with Crippen LogP contribution in [-0.2, 0) is 4.79 Å². The van der Waals surface area contributed by atoms with Gasteiger partial charge in [-0.25, -0.2) is 0 Å². The van der Waals surface area contributed by atoms with Crippen LogP contribution in [0.1, 0.15) is 32.1 Å². The first-order valence-electron chi connectivity index (χ1n) is 4.61. The van der Waals surface area contributed by atoms with E-state index in [1.165, 1.54) is 19.3 Å². The van der Waals surface area contributed by atoms with E-state index in [1.54, 1.807) is 0 Å². The molecule has 2 aliphatic rings. The Morgan fingerprint density at radius 2 is 2.50 bits per heavy atom. The Morgan fingerprint density at radius 3 is 2.92 bits per heavy atom. The topological polar surface area (TPSA) is 37.3 Å². The van der Waals surface area contributed by atoms with E-state index in [1.807, 2.05) is 0 Å². The van der Waals surface area contributed by atoms with Crippen molar-refractivity contribution in [3.63, 3.8) is 0 Å². The molecule has 0 aromatic carbocycles. The van der Waals surface area contributed by atoms with Crippen molar-refractivity contribution in [2.45, 2.75) is 32.1 Å². The maximum absolute atomic E-state index is 10.4. The minimum Gasteiger partial charge on any atom is -0.481 e. The fourth-order valence-corrected chi connectivity index (χ4v) is 2.52. The van der Waals surface area contributed by atoms with Crippen LogP contribution < -0.4 is 0 Å². The fourth-order valence-electron chi connectivity index (χ4n) is 2.52. The molecule has 0 radical (unpaired) electrons. The predicted molar refractivity (Wildman–Crippen MR) is 45.8 cm³/mol. The van der Waals surface area contributed by atoms with Crippen molar-refractivity contribution in [2.75, 3.05) is 0 Å². The standard InChI is InChI=1S/C10H14O2/c11-9(12)3-6-10-4-1-8(7-10)2-5-10/h1,4,8H,2-3,5-7H2,(H,11,12). The highest BCUT2D eigenvalue weighted by Gasteiger charge is 2.40. The minimum absolute atomic E-state index is 0.281. The SMILES string of the molecule is O=C(O)CCC12C=CC(CC1)C2. The summed E-state index contributed by atoms with van der Waals surface area (Å²) in [6.45, 7) is 0. The molecule has 1 fully saturated rings. The molecule has 2 heteroatoms. The van der Waals surface area contributed by atoms with Gasteiger partial charge in [-0.3, -0.25) is 4.79 Å². The van der Waals surface area contributed by atoms with E-state index >= 15 is 0 Å². The van der Waals surface area contributed by atoms with Crippen LogP contribution in [0.5, 0.6) is 0 Å². The van der Waals surface area contributed by atoms with Gasteiger partial charge in [0.2, 0.25) is 0 Å². The second kappa shape index (κ2) is 2.61. The number of rotatable bonds is 3. The Balaban J connectivity index is 1.95.